The summed E-state index contributed by atoms with van der Waals surface area (Å²) in [6.07, 6.45) is 0. The lowest BCUT2D eigenvalue weighted by Gasteiger charge is -2.40. The summed E-state index contributed by atoms with van der Waals surface area (Å²) in [4.78, 5) is 5.16. The van der Waals surface area contributed by atoms with Crippen LogP contribution in [0, 0.1) is 5.92 Å². The van der Waals surface area contributed by atoms with Crippen LogP contribution >= 0.6 is 0 Å². The monoisotopic (exact) mass is 245 g/mol. The topological polar surface area (TPSA) is 6.48 Å². The van der Waals surface area contributed by atoms with Crippen LogP contribution in [0.5, 0.6) is 0 Å². The highest BCUT2D eigenvalue weighted by atomic mass is 15.3. The molecule has 1 heterocycles. The fourth-order valence-electron chi connectivity index (χ4n) is 2.71. The Labute approximate surface area is 112 Å². The Morgan fingerprint density at radius 2 is 1.89 bits per heavy atom. The van der Waals surface area contributed by atoms with E-state index in [1.54, 1.807) is 0 Å². The molecule has 1 aromatic rings. The Morgan fingerprint density at radius 3 is 2.50 bits per heavy atom. The van der Waals surface area contributed by atoms with Gasteiger partial charge in [-0.3, -0.25) is 9.80 Å². The molecule has 0 spiro atoms. The fourth-order valence-corrected chi connectivity index (χ4v) is 2.71. The number of benzene rings is 1. The zero-order valence-corrected chi connectivity index (χ0v) is 11.9. The predicted octanol–water partition coefficient (Wildman–Crippen LogP) is 2.81. The molecule has 0 aliphatic carbocycles. The maximum Gasteiger partial charge on any atom is 0.0237 e. The van der Waals surface area contributed by atoms with Gasteiger partial charge in [0.25, 0.3) is 0 Å². The summed E-state index contributed by atoms with van der Waals surface area (Å²) in [7, 11) is 0. The second-order valence-corrected chi connectivity index (χ2v) is 5.75. The predicted molar refractivity (Wildman–Crippen MR) is 77.3 cm³/mol. The third kappa shape index (κ3) is 3.82. The highest BCUT2D eigenvalue weighted by Gasteiger charge is 2.23. The van der Waals surface area contributed by atoms with Gasteiger partial charge in [0.1, 0.15) is 0 Å². The van der Waals surface area contributed by atoms with Gasteiger partial charge in [-0.15, -0.1) is 0 Å². The molecule has 0 bridgehead atoms. The quantitative estimate of drug-likeness (QED) is 0.805. The van der Waals surface area contributed by atoms with E-state index in [1.165, 1.54) is 31.1 Å². The molecule has 1 radical (unpaired) electrons. The first-order valence-electron chi connectivity index (χ1n) is 6.94. The summed E-state index contributed by atoms with van der Waals surface area (Å²) in [5, 5.41) is 0. The molecular weight excluding hydrogens is 220 g/mol. The van der Waals surface area contributed by atoms with Crippen molar-refractivity contribution >= 4 is 0 Å². The van der Waals surface area contributed by atoms with Crippen LogP contribution < -0.4 is 0 Å². The maximum atomic E-state index is 2.59. The summed E-state index contributed by atoms with van der Waals surface area (Å²) in [5.41, 5.74) is 1.43. The van der Waals surface area contributed by atoms with E-state index >= 15 is 0 Å². The first-order valence-corrected chi connectivity index (χ1v) is 6.94. The standard InChI is InChI=1S/C16H25N2/c1-14(2)11-17-9-10-18(15(3)12-17)13-16-7-5-4-6-8-16/h4-8,15H,9-13H2,1-3H3. The third-order valence-electron chi connectivity index (χ3n) is 3.62. The molecule has 1 aliphatic rings. The molecule has 0 amide bonds. The van der Waals surface area contributed by atoms with Crippen LogP contribution in [0.15, 0.2) is 30.3 Å². The van der Waals surface area contributed by atoms with Crippen molar-refractivity contribution < 1.29 is 0 Å². The minimum absolute atomic E-state index is 0.651. The van der Waals surface area contributed by atoms with Crippen molar-refractivity contribution in [1.29, 1.82) is 0 Å². The van der Waals surface area contributed by atoms with Gasteiger partial charge in [0.15, 0.2) is 0 Å². The average molecular weight is 245 g/mol. The molecule has 2 heteroatoms. The van der Waals surface area contributed by atoms with E-state index in [-0.39, 0.29) is 0 Å². The molecule has 1 fully saturated rings. The van der Waals surface area contributed by atoms with Crippen LogP contribution in [0.2, 0.25) is 0 Å². The van der Waals surface area contributed by atoms with E-state index in [4.69, 9.17) is 0 Å². The van der Waals surface area contributed by atoms with Crippen molar-refractivity contribution in [1.82, 2.24) is 9.80 Å². The maximum absolute atomic E-state index is 2.59. The van der Waals surface area contributed by atoms with E-state index in [1.807, 2.05) is 0 Å². The van der Waals surface area contributed by atoms with Crippen LogP contribution in [0.3, 0.4) is 0 Å². The fraction of sp³-hybridized carbons (Fsp3) is 0.562. The molecule has 1 saturated heterocycles. The number of hydrogen-bond acceptors (Lipinski definition) is 2. The number of nitrogens with zero attached hydrogens (tertiary/aromatic N) is 2. The first-order chi connectivity index (χ1) is 8.65. The summed E-state index contributed by atoms with van der Waals surface area (Å²) in [6.45, 7) is 12.6. The molecule has 99 valence electrons. The first kappa shape index (κ1) is 13.6. The molecule has 1 unspecified atom stereocenters. The minimum Gasteiger partial charge on any atom is -0.300 e. The van der Waals surface area contributed by atoms with Crippen molar-refractivity contribution in [3.05, 3.63) is 41.8 Å². The van der Waals surface area contributed by atoms with Crippen LogP contribution in [0.25, 0.3) is 0 Å². The van der Waals surface area contributed by atoms with Gasteiger partial charge in [0.2, 0.25) is 0 Å². The van der Waals surface area contributed by atoms with Crippen LogP contribution in [0.4, 0.5) is 0 Å². The molecule has 1 aromatic carbocycles. The largest absolute Gasteiger partial charge is 0.300 e. The van der Waals surface area contributed by atoms with Crippen LogP contribution in [-0.4, -0.2) is 42.0 Å². The van der Waals surface area contributed by atoms with Gasteiger partial charge in [-0.05, 0) is 18.4 Å². The lowest BCUT2D eigenvalue weighted by Crippen LogP contribution is -2.51. The highest BCUT2D eigenvalue weighted by molar-refractivity contribution is 5.14. The van der Waals surface area contributed by atoms with E-state index in [0.29, 0.717) is 6.04 Å². The summed E-state index contributed by atoms with van der Waals surface area (Å²) in [6, 6.07) is 11.5. The Hall–Kier alpha value is -0.860. The molecule has 2 nitrogen and oxygen atoms in total. The zero-order chi connectivity index (χ0) is 13.0. The molecule has 1 atom stereocenters. The number of rotatable bonds is 4. The van der Waals surface area contributed by atoms with Gasteiger partial charge in [0, 0.05) is 38.8 Å². The van der Waals surface area contributed by atoms with Crippen molar-refractivity contribution in [2.75, 3.05) is 26.2 Å². The second-order valence-electron chi connectivity index (χ2n) is 5.75. The van der Waals surface area contributed by atoms with Gasteiger partial charge in [-0.1, -0.05) is 44.2 Å². The zero-order valence-electron chi connectivity index (χ0n) is 11.9. The van der Waals surface area contributed by atoms with E-state index in [0.717, 1.165) is 13.1 Å². The lowest BCUT2D eigenvalue weighted by molar-refractivity contribution is 0.0806. The van der Waals surface area contributed by atoms with Crippen LogP contribution in [0.1, 0.15) is 26.3 Å². The van der Waals surface area contributed by atoms with Gasteiger partial charge in [-0.2, -0.15) is 0 Å². The van der Waals surface area contributed by atoms with E-state index in [2.05, 4.69) is 60.9 Å². The molecule has 0 saturated carbocycles. The Morgan fingerprint density at radius 1 is 1.17 bits per heavy atom. The summed E-state index contributed by atoms with van der Waals surface area (Å²) < 4.78 is 0. The molecular formula is C16H25N2. The number of hydrogen-bond donors (Lipinski definition) is 0. The van der Waals surface area contributed by atoms with Crippen molar-refractivity contribution in [3.8, 4) is 0 Å². The van der Waals surface area contributed by atoms with Gasteiger partial charge >= 0.3 is 0 Å². The molecule has 18 heavy (non-hydrogen) atoms. The van der Waals surface area contributed by atoms with Crippen LogP contribution in [-0.2, 0) is 6.54 Å². The van der Waals surface area contributed by atoms with Crippen molar-refractivity contribution in [2.45, 2.75) is 33.4 Å². The van der Waals surface area contributed by atoms with Gasteiger partial charge in [-0.25, -0.2) is 0 Å². The second kappa shape index (κ2) is 6.35. The Balaban J connectivity index is 1.86. The van der Waals surface area contributed by atoms with Crippen molar-refractivity contribution in [2.24, 2.45) is 0 Å². The summed E-state index contributed by atoms with van der Waals surface area (Å²) >= 11 is 0. The SMILES string of the molecule is C[C](C)CN1CCN(Cc2ccccc2)C(C)C1. The highest BCUT2D eigenvalue weighted by Crippen LogP contribution is 2.15. The lowest BCUT2D eigenvalue weighted by atomic mass is 10.1. The minimum atomic E-state index is 0.651. The van der Waals surface area contributed by atoms with Gasteiger partial charge in [0.05, 0.1) is 0 Å². The Kier molecular flexibility index (Phi) is 4.79. The van der Waals surface area contributed by atoms with E-state index in [9.17, 15) is 0 Å². The summed E-state index contributed by atoms with van der Waals surface area (Å²) in [5.74, 6) is 1.51. The molecule has 1 aliphatic heterocycles. The average Bonchev–Trinajstić information content (AvgIpc) is 2.33. The molecule has 0 N–H and O–H groups in total. The normalized spacial score (nSPS) is 22.6. The third-order valence-corrected chi connectivity index (χ3v) is 3.62. The Bertz CT molecular complexity index is 347. The number of piperazine rings is 1. The van der Waals surface area contributed by atoms with Crippen molar-refractivity contribution in [3.63, 3.8) is 0 Å². The molecule has 2 rings (SSSR count). The van der Waals surface area contributed by atoms with E-state index < -0.39 is 0 Å². The smallest absolute Gasteiger partial charge is 0.0237 e. The van der Waals surface area contributed by atoms with Gasteiger partial charge < -0.3 is 0 Å². The molecule has 0 aromatic heterocycles.